The third-order valence-corrected chi connectivity index (χ3v) is 4.17. The Kier molecular flexibility index (Phi) is 5.88. The van der Waals surface area contributed by atoms with Gasteiger partial charge in [0.05, 0.1) is 12.6 Å². The number of piperazine rings is 1. The van der Waals surface area contributed by atoms with Gasteiger partial charge in [0, 0.05) is 44.3 Å². The van der Waals surface area contributed by atoms with Gasteiger partial charge in [0.15, 0.2) is 5.82 Å². The summed E-state index contributed by atoms with van der Waals surface area (Å²) in [5.41, 5.74) is 1.20. The lowest BCUT2D eigenvalue weighted by Crippen LogP contribution is -2.50. The summed E-state index contributed by atoms with van der Waals surface area (Å²) >= 11 is 0. The normalized spacial score (nSPS) is 14.4. The Bertz CT molecular complexity index is 715. The van der Waals surface area contributed by atoms with Crippen LogP contribution in [0.3, 0.4) is 0 Å². The molecule has 1 saturated heterocycles. The van der Waals surface area contributed by atoms with E-state index in [4.69, 9.17) is 4.74 Å². The predicted octanol–water partition coefficient (Wildman–Crippen LogP) is 2.02. The molecular formula is C19H25N5O2. The number of carbonyl (C=O) groups is 1. The van der Waals surface area contributed by atoms with Crippen molar-refractivity contribution in [2.75, 3.05) is 42.9 Å². The number of para-hydroxylation sites is 1. The van der Waals surface area contributed by atoms with E-state index in [0.29, 0.717) is 24.8 Å². The standard InChI is InChI=1S/C19H25N5O2/c1-15(2)26-19-18(20-8-9-21-19)22-14-17(25)24-12-10-23(11-13-24)16-6-4-3-5-7-16/h3-9,15H,10-14H2,1-2H3,(H,20,22). The van der Waals surface area contributed by atoms with E-state index in [0.717, 1.165) is 13.1 Å². The van der Waals surface area contributed by atoms with E-state index in [1.807, 2.05) is 36.9 Å². The van der Waals surface area contributed by atoms with Crippen molar-refractivity contribution in [3.63, 3.8) is 0 Å². The summed E-state index contributed by atoms with van der Waals surface area (Å²) in [4.78, 5) is 25.1. The molecule has 0 atom stereocenters. The molecule has 1 N–H and O–H groups in total. The highest BCUT2D eigenvalue weighted by Gasteiger charge is 2.21. The van der Waals surface area contributed by atoms with Crippen LogP contribution in [0.4, 0.5) is 11.5 Å². The fraction of sp³-hybridized carbons (Fsp3) is 0.421. The minimum Gasteiger partial charge on any atom is -0.472 e. The average molecular weight is 355 g/mol. The predicted molar refractivity (Wildman–Crippen MR) is 102 cm³/mol. The summed E-state index contributed by atoms with van der Waals surface area (Å²) in [6.45, 7) is 7.13. The van der Waals surface area contributed by atoms with Crippen LogP contribution in [-0.2, 0) is 4.79 Å². The van der Waals surface area contributed by atoms with Crippen molar-refractivity contribution in [3.8, 4) is 5.88 Å². The molecule has 2 heterocycles. The zero-order valence-electron chi connectivity index (χ0n) is 15.3. The monoisotopic (exact) mass is 355 g/mol. The highest BCUT2D eigenvalue weighted by molar-refractivity contribution is 5.81. The van der Waals surface area contributed by atoms with Gasteiger partial charge in [0.25, 0.3) is 5.88 Å². The molecule has 1 fully saturated rings. The summed E-state index contributed by atoms with van der Waals surface area (Å²) in [5, 5.41) is 3.06. The highest BCUT2D eigenvalue weighted by Crippen LogP contribution is 2.19. The number of hydrogen-bond acceptors (Lipinski definition) is 6. The molecule has 2 aromatic rings. The fourth-order valence-electron chi connectivity index (χ4n) is 2.88. The van der Waals surface area contributed by atoms with Gasteiger partial charge in [-0.25, -0.2) is 9.97 Å². The summed E-state index contributed by atoms with van der Waals surface area (Å²) in [5.74, 6) is 0.973. The maximum absolute atomic E-state index is 12.5. The van der Waals surface area contributed by atoms with E-state index in [-0.39, 0.29) is 18.6 Å². The Balaban J connectivity index is 1.51. The molecule has 1 aliphatic heterocycles. The molecule has 0 radical (unpaired) electrons. The van der Waals surface area contributed by atoms with E-state index in [1.54, 1.807) is 12.4 Å². The summed E-state index contributed by atoms with van der Waals surface area (Å²) in [6.07, 6.45) is 3.15. The lowest BCUT2D eigenvalue weighted by atomic mass is 10.2. The minimum atomic E-state index is -0.00554. The van der Waals surface area contributed by atoms with Crippen LogP contribution in [0.2, 0.25) is 0 Å². The van der Waals surface area contributed by atoms with Gasteiger partial charge in [-0.3, -0.25) is 4.79 Å². The molecule has 0 spiro atoms. The quantitative estimate of drug-likeness (QED) is 0.855. The Morgan fingerprint density at radius 3 is 2.50 bits per heavy atom. The zero-order valence-corrected chi connectivity index (χ0v) is 15.3. The number of nitrogens with one attached hydrogen (secondary N) is 1. The Morgan fingerprint density at radius 2 is 1.81 bits per heavy atom. The van der Waals surface area contributed by atoms with Gasteiger partial charge >= 0.3 is 0 Å². The smallest absolute Gasteiger partial charge is 0.257 e. The van der Waals surface area contributed by atoms with Crippen molar-refractivity contribution < 1.29 is 9.53 Å². The summed E-state index contributed by atoms with van der Waals surface area (Å²) in [7, 11) is 0. The highest BCUT2D eigenvalue weighted by atomic mass is 16.5. The van der Waals surface area contributed by atoms with Gasteiger partial charge in [-0.15, -0.1) is 0 Å². The van der Waals surface area contributed by atoms with Crippen molar-refractivity contribution >= 4 is 17.4 Å². The van der Waals surface area contributed by atoms with Crippen LogP contribution in [0.5, 0.6) is 5.88 Å². The second-order valence-corrected chi connectivity index (χ2v) is 6.43. The summed E-state index contributed by atoms with van der Waals surface area (Å²) < 4.78 is 5.62. The third-order valence-electron chi connectivity index (χ3n) is 4.17. The Hall–Kier alpha value is -2.83. The second kappa shape index (κ2) is 8.51. The first kappa shape index (κ1) is 18.0. The number of ether oxygens (including phenoxy) is 1. The number of rotatable bonds is 6. The van der Waals surface area contributed by atoms with E-state index < -0.39 is 0 Å². The number of benzene rings is 1. The second-order valence-electron chi connectivity index (χ2n) is 6.43. The first-order valence-electron chi connectivity index (χ1n) is 8.93. The Morgan fingerprint density at radius 1 is 1.12 bits per heavy atom. The molecule has 7 nitrogen and oxygen atoms in total. The van der Waals surface area contributed by atoms with Crippen molar-refractivity contribution in [1.29, 1.82) is 0 Å². The van der Waals surface area contributed by atoms with Crippen LogP contribution >= 0.6 is 0 Å². The molecular weight excluding hydrogens is 330 g/mol. The number of hydrogen-bond donors (Lipinski definition) is 1. The van der Waals surface area contributed by atoms with Crippen LogP contribution in [0, 0.1) is 0 Å². The average Bonchev–Trinajstić information content (AvgIpc) is 2.67. The van der Waals surface area contributed by atoms with Gasteiger partial charge in [0.2, 0.25) is 5.91 Å². The molecule has 7 heteroatoms. The van der Waals surface area contributed by atoms with Gasteiger partial charge < -0.3 is 19.9 Å². The van der Waals surface area contributed by atoms with Crippen LogP contribution < -0.4 is 15.0 Å². The van der Waals surface area contributed by atoms with E-state index in [2.05, 4.69) is 32.3 Å². The molecule has 0 aliphatic carbocycles. The topological polar surface area (TPSA) is 70.6 Å². The molecule has 1 aromatic heterocycles. The molecule has 0 unspecified atom stereocenters. The number of nitrogens with zero attached hydrogens (tertiary/aromatic N) is 4. The summed E-state index contributed by atoms with van der Waals surface area (Å²) in [6, 6.07) is 10.3. The number of aromatic nitrogens is 2. The molecule has 138 valence electrons. The SMILES string of the molecule is CC(C)Oc1nccnc1NCC(=O)N1CCN(c2ccccc2)CC1. The van der Waals surface area contributed by atoms with Gasteiger partial charge in [-0.2, -0.15) is 0 Å². The molecule has 1 aliphatic rings. The number of amides is 1. The first-order chi connectivity index (χ1) is 12.6. The molecule has 26 heavy (non-hydrogen) atoms. The molecule has 1 aromatic carbocycles. The first-order valence-corrected chi connectivity index (χ1v) is 8.93. The number of anilines is 2. The molecule has 1 amide bonds. The molecule has 0 saturated carbocycles. The van der Waals surface area contributed by atoms with E-state index in [1.165, 1.54) is 5.69 Å². The molecule has 0 bridgehead atoms. The van der Waals surface area contributed by atoms with Gasteiger partial charge in [0.1, 0.15) is 0 Å². The van der Waals surface area contributed by atoms with Gasteiger partial charge in [-0.1, -0.05) is 18.2 Å². The fourth-order valence-corrected chi connectivity index (χ4v) is 2.88. The number of carbonyl (C=O) groups excluding carboxylic acids is 1. The van der Waals surface area contributed by atoms with Crippen LogP contribution in [0.15, 0.2) is 42.7 Å². The minimum absolute atomic E-state index is 0.00554. The largest absolute Gasteiger partial charge is 0.472 e. The van der Waals surface area contributed by atoms with Crippen LogP contribution in [0.25, 0.3) is 0 Å². The van der Waals surface area contributed by atoms with Crippen molar-refractivity contribution in [3.05, 3.63) is 42.7 Å². The molecule has 3 rings (SSSR count). The maximum Gasteiger partial charge on any atom is 0.257 e. The maximum atomic E-state index is 12.5. The van der Waals surface area contributed by atoms with Gasteiger partial charge in [-0.05, 0) is 26.0 Å². The lowest BCUT2D eigenvalue weighted by molar-refractivity contribution is -0.129. The lowest BCUT2D eigenvalue weighted by Gasteiger charge is -2.36. The van der Waals surface area contributed by atoms with Crippen molar-refractivity contribution in [2.24, 2.45) is 0 Å². The van der Waals surface area contributed by atoms with E-state index in [9.17, 15) is 4.79 Å². The third kappa shape index (κ3) is 4.62. The van der Waals surface area contributed by atoms with E-state index >= 15 is 0 Å². The van der Waals surface area contributed by atoms with Crippen LogP contribution in [0.1, 0.15) is 13.8 Å². The zero-order chi connectivity index (χ0) is 18.4. The van der Waals surface area contributed by atoms with Crippen molar-refractivity contribution in [2.45, 2.75) is 20.0 Å². The van der Waals surface area contributed by atoms with Crippen molar-refractivity contribution in [1.82, 2.24) is 14.9 Å². The van der Waals surface area contributed by atoms with Crippen LogP contribution in [-0.4, -0.2) is 59.6 Å². The Labute approximate surface area is 154 Å².